The highest BCUT2D eigenvalue weighted by Gasteiger charge is 2.06. The van der Waals surface area contributed by atoms with Crippen LogP contribution in [0.1, 0.15) is 5.56 Å². The lowest BCUT2D eigenvalue weighted by molar-refractivity contribution is 0.282. The van der Waals surface area contributed by atoms with Crippen LogP contribution in [0.5, 0.6) is 23.0 Å². The summed E-state index contributed by atoms with van der Waals surface area (Å²) in [4.78, 5) is 0. The van der Waals surface area contributed by atoms with Crippen LogP contribution in [0.4, 0.5) is 0 Å². The second-order valence-corrected chi connectivity index (χ2v) is 4.47. The Morgan fingerprint density at radius 3 is 2.00 bits per heavy atom. The van der Waals surface area contributed by atoms with E-state index in [-0.39, 0.29) is 6.61 Å². The zero-order valence-corrected chi connectivity index (χ0v) is 12.0. The van der Waals surface area contributed by atoms with E-state index in [0.717, 1.165) is 0 Å². The Labute approximate surface area is 122 Å². The smallest absolute Gasteiger partial charge is 0.134 e. The molecule has 0 radical (unpaired) electrons. The molecule has 5 heteroatoms. The van der Waals surface area contributed by atoms with Gasteiger partial charge in [-0.15, -0.1) is 0 Å². The standard InChI is InChI=1S/C15H15ClO4/c1-18-12-5-13(19-2)7-14(6-12)20-11-4-3-10(9-17)15(16)8-11/h3-8,17H,9H2,1-2H3. The Morgan fingerprint density at radius 1 is 0.900 bits per heavy atom. The van der Waals surface area contributed by atoms with Gasteiger partial charge in [-0.3, -0.25) is 0 Å². The summed E-state index contributed by atoms with van der Waals surface area (Å²) in [5, 5.41) is 9.54. The van der Waals surface area contributed by atoms with Gasteiger partial charge in [0.1, 0.15) is 23.0 Å². The first-order chi connectivity index (χ1) is 9.66. The maximum atomic E-state index is 9.08. The molecule has 20 heavy (non-hydrogen) atoms. The van der Waals surface area contributed by atoms with Crippen LogP contribution in [0.25, 0.3) is 0 Å². The fraction of sp³-hybridized carbons (Fsp3) is 0.200. The van der Waals surface area contributed by atoms with Crippen molar-refractivity contribution in [1.29, 1.82) is 0 Å². The third kappa shape index (κ3) is 3.35. The first kappa shape index (κ1) is 14.5. The molecule has 2 aromatic carbocycles. The van der Waals surface area contributed by atoms with Crippen LogP contribution in [0, 0.1) is 0 Å². The molecule has 0 saturated heterocycles. The number of benzene rings is 2. The van der Waals surface area contributed by atoms with Crippen molar-refractivity contribution in [3.63, 3.8) is 0 Å². The van der Waals surface area contributed by atoms with E-state index in [1.165, 1.54) is 0 Å². The average Bonchev–Trinajstić information content (AvgIpc) is 2.47. The van der Waals surface area contributed by atoms with Crippen LogP contribution in [0.3, 0.4) is 0 Å². The Kier molecular flexibility index (Phi) is 4.71. The third-order valence-electron chi connectivity index (χ3n) is 2.76. The maximum absolute atomic E-state index is 9.08. The Morgan fingerprint density at radius 2 is 1.50 bits per heavy atom. The van der Waals surface area contributed by atoms with Gasteiger partial charge in [-0.2, -0.15) is 0 Å². The van der Waals surface area contributed by atoms with Crippen molar-refractivity contribution in [1.82, 2.24) is 0 Å². The van der Waals surface area contributed by atoms with E-state index in [1.807, 2.05) is 0 Å². The number of aliphatic hydroxyl groups is 1. The third-order valence-corrected chi connectivity index (χ3v) is 3.11. The molecule has 0 bridgehead atoms. The van der Waals surface area contributed by atoms with E-state index in [0.29, 0.717) is 33.6 Å². The second-order valence-electron chi connectivity index (χ2n) is 4.06. The minimum atomic E-state index is -0.105. The molecular weight excluding hydrogens is 280 g/mol. The molecule has 106 valence electrons. The topological polar surface area (TPSA) is 47.9 Å². The van der Waals surface area contributed by atoms with Gasteiger partial charge in [-0.1, -0.05) is 17.7 Å². The highest BCUT2D eigenvalue weighted by atomic mass is 35.5. The van der Waals surface area contributed by atoms with E-state index < -0.39 is 0 Å². The number of halogens is 1. The molecule has 0 aliphatic rings. The molecule has 0 amide bonds. The van der Waals surface area contributed by atoms with Gasteiger partial charge in [0.2, 0.25) is 0 Å². The molecule has 0 fully saturated rings. The molecule has 0 aliphatic carbocycles. The minimum Gasteiger partial charge on any atom is -0.496 e. The monoisotopic (exact) mass is 294 g/mol. The number of ether oxygens (including phenoxy) is 3. The summed E-state index contributed by atoms with van der Waals surface area (Å²) >= 11 is 6.02. The van der Waals surface area contributed by atoms with Crippen LogP contribution in [-0.2, 0) is 6.61 Å². The fourth-order valence-electron chi connectivity index (χ4n) is 1.70. The number of methoxy groups -OCH3 is 2. The normalized spacial score (nSPS) is 10.2. The van der Waals surface area contributed by atoms with E-state index in [4.69, 9.17) is 30.9 Å². The van der Waals surface area contributed by atoms with Gasteiger partial charge >= 0.3 is 0 Å². The molecule has 1 N–H and O–H groups in total. The predicted octanol–water partition coefficient (Wildman–Crippen LogP) is 3.64. The van der Waals surface area contributed by atoms with Gasteiger partial charge in [0.15, 0.2) is 0 Å². The van der Waals surface area contributed by atoms with Crippen molar-refractivity contribution >= 4 is 11.6 Å². The van der Waals surface area contributed by atoms with Crippen molar-refractivity contribution in [2.45, 2.75) is 6.61 Å². The number of rotatable bonds is 5. The van der Waals surface area contributed by atoms with Gasteiger partial charge in [0.05, 0.1) is 20.8 Å². The Hall–Kier alpha value is -1.91. The summed E-state index contributed by atoms with van der Waals surface area (Å²) in [6.45, 7) is -0.105. The fourth-order valence-corrected chi connectivity index (χ4v) is 1.93. The van der Waals surface area contributed by atoms with Gasteiger partial charge in [-0.05, 0) is 17.7 Å². The Bertz CT molecular complexity index is 576. The zero-order chi connectivity index (χ0) is 14.5. The van der Waals surface area contributed by atoms with Crippen molar-refractivity contribution in [3.05, 3.63) is 47.0 Å². The van der Waals surface area contributed by atoms with Gasteiger partial charge < -0.3 is 19.3 Å². The Balaban J connectivity index is 2.27. The number of aliphatic hydroxyl groups excluding tert-OH is 1. The second kappa shape index (κ2) is 6.50. The molecule has 2 rings (SSSR count). The largest absolute Gasteiger partial charge is 0.496 e. The average molecular weight is 295 g/mol. The quantitative estimate of drug-likeness (QED) is 0.914. The summed E-state index contributed by atoms with van der Waals surface area (Å²) in [6, 6.07) is 10.4. The lowest BCUT2D eigenvalue weighted by Crippen LogP contribution is -1.91. The van der Waals surface area contributed by atoms with Crippen LogP contribution >= 0.6 is 11.6 Å². The summed E-state index contributed by atoms with van der Waals surface area (Å²) in [7, 11) is 3.15. The highest BCUT2D eigenvalue weighted by molar-refractivity contribution is 6.31. The maximum Gasteiger partial charge on any atom is 0.134 e. The van der Waals surface area contributed by atoms with Crippen molar-refractivity contribution < 1.29 is 19.3 Å². The molecule has 0 unspecified atom stereocenters. The first-order valence-electron chi connectivity index (χ1n) is 5.96. The van der Waals surface area contributed by atoms with Gasteiger partial charge in [0.25, 0.3) is 0 Å². The van der Waals surface area contributed by atoms with Crippen molar-refractivity contribution in [2.75, 3.05) is 14.2 Å². The molecule has 0 heterocycles. The van der Waals surface area contributed by atoms with E-state index >= 15 is 0 Å². The van der Waals surface area contributed by atoms with Crippen LogP contribution in [0.2, 0.25) is 5.02 Å². The van der Waals surface area contributed by atoms with Crippen LogP contribution < -0.4 is 14.2 Å². The minimum absolute atomic E-state index is 0.105. The lowest BCUT2D eigenvalue weighted by Gasteiger charge is -2.11. The lowest BCUT2D eigenvalue weighted by atomic mass is 10.2. The summed E-state index contributed by atoms with van der Waals surface area (Å²) < 4.78 is 16.1. The molecule has 0 atom stereocenters. The number of hydrogen-bond donors (Lipinski definition) is 1. The molecule has 4 nitrogen and oxygen atoms in total. The van der Waals surface area contributed by atoms with E-state index in [2.05, 4.69) is 0 Å². The summed E-state index contributed by atoms with van der Waals surface area (Å²) in [6.07, 6.45) is 0. The van der Waals surface area contributed by atoms with Crippen LogP contribution in [-0.4, -0.2) is 19.3 Å². The number of hydrogen-bond acceptors (Lipinski definition) is 4. The van der Waals surface area contributed by atoms with Gasteiger partial charge in [0, 0.05) is 23.2 Å². The molecule has 0 saturated carbocycles. The highest BCUT2D eigenvalue weighted by Crippen LogP contribution is 2.32. The van der Waals surface area contributed by atoms with Crippen LogP contribution in [0.15, 0.2) is 36.4 Å². The molecule has 2 aromatic rings. The molecule has 0 aliphatic heterocycles. The zero-order valence-electron chi connectivity index (χ0n) is 11.2. The van der Waals surface area contributed by atoms with Crippen molar-refractivity contribution in [2.24, 2.45) is 0 Å². The predicted molar refractivity (Wildman–Crippen MR) is 77.0 cm³/mol. The van der Waals surface area contributed by atoms with E-state index in [1.54, 1.807) is 50.6 Å². The molecule has 0 aromatic heterocycles. The molecular formula is C15H15ClO4. The first-order valence-corrected chi connectivity index (χ1v) is 6.34. The SMILES string of the molecule is COc1cc(OC)cc(Oc2ccc(CO)c(Cl)c2)c1. The summed E-state index contributed by atoms with van der Waals surface area (Å²) in [5.74, 6) is 2.42. The van der Waals surface area contributed by atoms with Crippen molar-refractivity contribution in [3.8, 4) is 23.0 Å². The molecule has 0 spiro atoms. The summed E-state index contributed by atoms with van der Waals surface area (Å²) in [5.41, 5.74) is 0.655. The van der Waals surface area contributed by atoms with Gasteiger partial charge in [-0.25, -0.2) is 0 Å². The van der Waals surface area contributed by atoms with E-state index in [9.17, 15) is 0 Å².